The van der Waals surface area contributed by atoms with Crippen LogP contribution in [0.4, 0.5) is 4.39 Å². The van der Waals surface area contributed by atoms with Crippen molar-refractivity contribution in [1.82, 2.24) is 14.9 Å². The highest BCUT2D eigenvalue weighted by atomic mass is 19.1. The molecule has 7 heteroatoms. The number of benzene rings is 1. The van der Waals surface area contributed by atoms with Crippen LogP contribution in [0.25, 0.3) is 0 Å². The smallest absolute Gasteiger partial charge is 0.256 e. The molecular weight excluding hydrogens is 361 g/mol. The van der Waals surface area contributed by atoms with Gasteiger partial charge in [-0.25, -0.2) is 9.37 Å². The zero-order valence-electron chi connectivity index (χ0n) is 15.2. The first kappa shape index (κ1) is 18.3. The highest BCUT2D eigenvalue weighted by Gasteiger charge is 2.29. The van der Waals surface area contributed by atoms with E-state index < -0.39 is 17.8 Å². The average Bonchev–Trinajstić information content (AvgIpc) is 3.14. The number of fused-ring (bicyclic) bond motifs is 1. The fourth-order valence-electron chi connectivity index (χ4n) is 3.30. The Hall–Kier alpha value is -3.06. The summed E-state index contributed by atoms with van der Waals surface area (Å²) in [5.41, 5.74) is 2.21. The van der Waals surface area contributed by atoms with Crippen LogP contribution >= 0.6 is 0 Å². The summed E-state index contributed by atoms with van der Waals surface area (Å²) >= 11 is 0. The Morgan fingerprint density at radius 3 is 2.82 bits per heavy atom. The predicted molar refractivity (Wildman–Crippen MR) is 98.6 cm³/mol. The van der Waals surface area contributed by atoms with Gasteiger partial charge in [0, 0.05) is 31.8 Å². The molecule has 0 aliphatic carbocycles. The Balaban J connectivity index is 1.40. The first-order valence-electron chi connectivity index (χ1n) is 9.19. The van der Waals surface area contributed by atoms with E-state index in [-0.39, 0.29) is 0 Å². The number of rotatable bonds is 5. The molecule has 1 aliphatic rings. The first-order valence-corrected chi connectivity index (χ1v) is 9.19. The van der Waals surface area contributed by atoms with Crippen molar-refractivity contribution in [2.24, 2.45) is 0 Å². The van der Waals surface area contributed by atoms with Crippen molar-refractivity contribution < 1.29 is 18.7 Å². The van der Waals surface area contributed by atoms with Gasteiger partial charge in [-0.15, -0.1) is 0 Å². The molecule has 3 aromatic rings. The summed E-state index contributed by atoms with van der Waals surface area (Å²) in [6, 6.07) is 9.19. The fourth-order valence-corrected chi connectivity index (χ4v) is 3.30. The van der Waals surface area contributed by atoms with Gasteiger partial charge in [-0.2, -0.15) is 0 Å². The Bertz CT molecular complexity index is 957. The number of nitrogens with zero attached hydrogens (tertiary/aromatic N) is 3. The molecule has 4 rings (SSSR count). The van der Waals surface area contributed by atoms with Gasteiger partial charge in [-0.1, -0.05) is 18.2 Å². The number of aliphatic hydroxyl groups is 1. The number of carbonyl (C=O) groups is 1. The number of hydrogen-bond donors (Lipinski definition) is 1. The number of aromatic nitrogens is 2. The van der Waals surface area contributed by atoms with Crippen LogP contribution in [-0.4, -0.2) is 32.4 Å². The van der Waals surface area contributed by atoms with Crippen LogP contribution in [0.3, 0.4) is 0 Å². The topological polar surface area (TPSA) is 79.5 Å². The quantitative estimate of drug-likeness (QED) is 0.735. The highest BCUT2D eigenvalue weighted by molar-refractivity contribution is 5.82. The highest BCUT2D eigenvalue weighted by Crippen LogP contribution is 2.24. The van der Waals surface area contributed by atoms with E-state index in [1.54, 1.807) is 11.1 Å². The maximum absolute atomic E-state index is 13.0. The summed E-state index contributed by atoms with van der Waals surface area (Å²) in [5, 5.41) is 10.3. The second-order valence-corrected chi connectivity index (χ2v) is 6.80. The van der Waals surface area contributed by atoms with E-state index >= 15 is 0 Å². The Morgan fingerprint density at radius 2 is 2.07 bits per heavy atom. The van der Waals surface area contributed by atoms with Crippen LogP contribution in [0.15, 0.2) is 53.2 Å². The maximum Gasteiger partial charge on any atom is 0.256 e. The Kier molecular flexibility index (Phi) is 5.16. The second kappa shape index (κ2) is 7.90. The molecule has 2 aromatic heterocycles. The van der Waals surface area contributed by atoms with E-state index in [0.29, 0.717) is 37.4 Å². The van der Waals surface area contributed by atoms with E-state index in [9.17, 15) is 14.3 Å². The van der Waals surface area contributed by atoms with Crippen molar-refractivity contribution in [3.8, 4) is 0 Å². The van der Waals surface area contributed by atoms with Crippen LogP contribution in [0.1, 0.15) is 34.6 Å². The van der Waals surface area contributed by atoms with E-state index in [4.69, 9.17) is 4.42 Å². The lowest BCUT2D eigenvalue weighted by Crippen LogP contribution is -2.38. The number of halogens is 1. The third-order valence-corrected chi connectivity index (χ3v) is 4.85. The summed E-state index contributed by atoms with van der Waals surface area (Å²) in [4.78, 5) is 22.8. The van der Waals surface area contributed by atoms with Crippen molar-refractivity contribution in [3.05, 3.63) is 83.1 Å². The largest absolute Gasteiger partial charge is 0.445 e. The average molecular weight is 381 g/mol. The molecule has 3 heterocycles. The van der Waals surface area contributed by atoms with Crippen molar-refractivity contribution in [1.29, 1.82) is 0 Å². The van der Waals surface area contributed by atoms with E-state index in [0.717, 1.165) is 23.4 Å². The molecule has 0 spiro atoms. The van der Waals surface area contributed by atoms with Crippen LogP contribution in [-0.2, 0) is 30.6 Å². The minimum atomic E-state index is -1.32. The molecule has 1 unspecified atom stereocenters. The standard InChI is InChI=1S/C21H20FN3O3/c22-16-6-4-15(5-7-16)20(26)21(27)25-11-9-18-17(13-25)24-19(28-18)8-3-14-2-1-10-23-12-14/h1-2,4-7,10,12,20,26H,3,8-9,11,13H2. The third kappa shape index (κ3) is 3.94. The lowest BCUT2D eigenvalue weighted by atomic mass is 10.1. The van der Waals surface area contributed by atoms with Crippen molar-refractivity contribution in [2.75, 3.05) is 6.54 Å². The number of aliphatic hydroxyl groups excluding tert-OH is 1. The molecule has 1 aromatic carbocycles. The van der Waals surface area contributed by atoms with Crippen LogP contribution in [0.2, 0.25) is 0 Å². The lowest BCUT2D eigenvalue weighted by molar-refractivity contribution is -0.141. The van der Waals surface area contributed by atoms with Gasteiger partial charge in [0.15, 0.2) is 12.0 Å². The predicted octanol–water partition coefficient (Wildman–Crippen LogP) is 2.61. The molecule has 0 bridgehead atoms. The minimum absolute atomic E-state index is 0.294. The van der Waals surface area contributed by atoms with Crippen LogP contribution < -0.4 is 0 Å². The molecular formula is C21H20FN3O3. The zero-order valence-corrected chi connectivity index (χ0v) is 15.2. The molecule has 1 amide bonds. The van der Waals surface area contributed by atoms with E-state index in [2.05, 4.69) is 9.97 Å². The number of pyridine rings is 1. The zero-order chi connectivity index (χ0) is 19.5. The van der Waals surface area contributed by atoms with Gasteiger partial charge >= 0.3 is 0 Å². The molecule has 0 fully saturated rings. The van der Waals surface area contributed by atoms with Crippen molar-refractivity contribution in [3.63, 3.8) is 0 Å². The second-order valence-electron chi connectivity index (χ2n) is 6.80. The molecule has 1 aliphatic heterocycles. The number of hydrogen-bond acceptors (Lipinski definition) is 5. The molecule has 28 heavy (non-hydrogen) atoms. The summed E-state index contributed by atoms with van der Waals surface area (Å²) in [6.07, 6.45) is 4.22. The number of carbonyl (C=O) groups excluding carboxylic acids is 1. The molecule has 144 valence electrons. The first-order chi connectivity index (χ1) is 13.6. The Morgan fingerprint density at radius 1 is 1.25 bits per heavy atom. The number of amides is 1. The van der Waals surface area contributed by atoms with E-state index in [1.807, 2.05) is 18.3 Å². The van der Waals surface area contributed by atoms with Gasteiger partial charge in [0.05, 0.1) is 6.54 Å². The van der Waals surface area contributed by atoms with Gasteiger partial charge in [-0.3, -0.25) is 9.78 Å². The SMILES string of the molecule is O=C(C(O)c1ccc(F)cc1)N1CCc2oc(CCc3cccnc3)nc2C1. The van der Waals surface area contributed by atoms with Crippen LogP contribution in [0, 0.1) is 5.82 Å². The van der Waals surface area contributed by atoms with Gasteiger partial charge < -0.3 is 14.4 Å². The summed E-state index contributed by atoms with van der Waals surface area (Å²) in [5.74, 6) is 0.605. The third-order valence-electron chi connectivity index (χ3n) is 4.85. The fraction of sp³-hybridized carbons (Fsp3) is 0.286. The molecule has 1 N–H and O–H groups in total. The molecule has 0 saturated heterocycles. The lowest BCUT2D eigenvalue weighted by Gasteiger charge is -2.27. The summed E-state index contributed by atoms with van der Waals surface area (Å²) < 4.78 is 18.9. The summed E-state index contributed by atoms with van der Waals surface area (Å²) in [7, 11) is 0. The Labute approximate surface area is 161 Å². The maximum atomic E-state index is 13.0. The number of oxazole rings is 1. The van der Waals surface area contributed by atoms with Crippen molar-refractivity contribution in [2.45, 2.75) is 31.9 Å². The molecule has 6 nitrogen and oxygen atoms in total. The summed E-state index contributed by atoms with van der Waals surface area (Å²) in [6.45, 7) is 0.740. The van der Waals surface area contributed by atoms with Crippen molar-refractivity contribution >= 4 is 5.91 Å². The molecule has 0 saturated carbocycles. The van der Waals surface area contributed by atoms with Gasteiger partial charge in [0.25, 0.3) is 5.91 Å². The van der Waals surface area contributed by atoms with Crippen LogP contribution in [0.5, 0.6) is 0 Å². The minimum Gasteiger partial charge on any atom is -0.445 e. The normalized spacial score (nSPS) is 14.6. The molecule has 1 atom stereocenters. The van der Waals surface area contributed by atoms with Gasteiger partial charge in [0.1, 0.15) is 17.3 Å². The molecule has 0 radical (unpaired) electrons. The van der Waals surface area contributed by atoms with E-state index in [1.165, 1.54) is 24.3 Å². The monoisotopic (exact) mass is 381 g/mol. The van der Waals surface area contributed by atoms with Gasteiger partial charge in [0.2, 0.25) is 0 Å². The van der Waals surface area contributed by atoms with Gasteiger partial charge in [-0.05, 0) is 35.7 Å². The number of aryl methyl sites for hydroxylation is 2.